The van der Waals surface area contributed by atoms with E-state index >= 15 is 0 Å². The number of rotatable bonds is 3. The fourth-order valence-electron chi connectivity index (χ4n) is 2.17. The van der Waals surface area contributed by atoms with E-state index in [9.17, 15) is 0 Å². The fourth-order valence-corrected chi connectivity index (χ4v) is 2.17. The van der Waals surface area contributed by atoms with Gasteiger partial charge in [0.25, 0.3) is 0 Å². The third-order valence-corrected chi connectivity index (χ3v) is 3.29. The van der Waals surface area contributed by atoms with Gasteiger partial charge in [0.1, 0.15) is 12.1 Å². The van der Waals surface area contributed by atoms with E-state index in [1.54, 1.807) is 6.33 Å². The number of benzene rings is 2. The molecule has 0 unspecified atom stereocenters. The molecule has 0 aliphatic heterocycles. The zero-order valence-corrected chi connectivity index (χ0v) is 12.0. The van der Waals surface area contributed by atoms with Gasteiger partial charge in [-0.2, -0.15) is 0 Å². The zero-order chi connectivity index (χ0) is 14.8. The lowest BCUT2D eigenvalue weighted by molar-refractivity contribution is 1.13. The van der Waals surface area contributed by atoms with Crippen LogP contribution in [0.4, 0.5) is 22.9 Å². The minimum atomic E-state index is 0.696. The maximum Gasteiger partial charge on any atom is 0.141 e. The SMILES string of the molecule is CN(C)c1cccc(Nc2ncnc3cc(N)ccc23)c1. The largest absolute Gasteiger partial charge is 0.399 e. The molecule has 1 heterocycles. The molecular formula is C16H17N5. The van der Waals surface area contributed by atoms with E-state index in [0.29, 0.717) is 5.69 Å². The van der Waals surface area contributed by atoms with Crippen molar-refractivity contribution in [3.05, 3.63) is 48.8 Å². The molecular weight excluding hydrogens is 262 g/mol. The molecule has 2 aromatic carbocycles. The van der Waals surface area contributed by atoms with Crippen LogP contribution in [0.1, 0.15) is 0 Å². The van der Waals surface area contributed by atoms with Crippen LogP contribution in [0.25, 0.3) is 10.9 Å². The van der Waals surface area contributed by atoms with Gasteiger partial charge < -0.3 is 16.0 Å². The summed E-state index contributed by atoms with van der Waals surface area (Å²) in [6.45, 7) is 0. The summed E-state index contributed by atoms with van der Waals surface area (Å²) in [5.74, 6) is 0.774. The van der Waals surface area contributed by atoms with Crippen LogP contribution < -0.4 is 16.0 Å². The molecule has 1 aromatic heterocycles. The minimum Gasteiger partial charge on any atom is -0.399 e. The Kier molecular flexibility index (Phi) is 3.31. The summed E-state index contributed by atoms with van der Waals surface area (Å²) in [7, 11) is 4.03. The third kappa shape index (κ3) is 2.72. The first-order valence-corrected chi connectivity index (χ1v) is 6.68. The van der Waals surface area contributed by atoms with Crippen molar-refractivity contribution in [2.24, 2.45) is 0 Å². The molecule has 0 bridgehead atoms. The molecule has 3 aromatic rings. The van der Waals surface area contributed by atoms with E-state index in [0.717, 1.165) is 28.1 Å². The van der Waals surface area contributed by atoms with Gasteiger partial charge in [-0.15, -0.1) is 0 Å². The molecule has 0 saturated heterocycles. The van der Waals surface area contributed by atoms with Crippen molar-refractivity contribution in [2.45, 2.75) is 0 Å². The first kappa shape index (κ1) is 13.2. The average Bonchev–Trinajstić information content (AvgIpc) is 2.47. The number of nitrogens with two attached hydrogens (primary N) is 1. The van der Waals surface area contributed by atoms with Crippen molar-refractivity contribution in [1.29, 1.82) is 0 Å². The fraction of sp³-hybridized carbons (Fsp3) is 0.125. The predicted octanol–water partition coefficient (Wildman–Crippen LogP) is 3.02. The number of nitrogens with one attached hydrogen (secondary N) is 1. The van der Waals surface area contributed by atoms with Crippen LogP contribution in [0.15, 0.2) is 48.8 Å². The van der Waals surface area contributed by atoms with Gasteiger partial charge in [0.15, 0.2) is 0 Å². The quantitative estimate of drug-likeness (QED) is 0.721. The van der Waals surface area contributed by atoms with Crippen molar-refractivity contribution in [3.8, 4) is 0 Å². The van der Waals surface area contributed by atoms with Crippen LogP contribution in [0.3, 0.4) is 0 Å². The molecule has 0 aliphatic carbocycles. The van der Waals surface area contributed by atoms with Gasteiger partial charge in [0, 0.05) is 36.5 Å². The number of nitrogen functional groups attached to an aromatic ring is 1. The lowest BCUT2D eigenvalue weighted by Gasteiger charge is -2.14. The topological polar surface area (TPSA) is 67.1 Å². The predicted molar refractivity (Wildman–Crippen MR) is 88.0 cm³/mol. The minimum absolute atomic E-state index is 0.696. The van der Waals surface area contributed by atoms with Crippen molar-refractivity contribution in [2.75, 3.05) is 30.0 Å². The summed E-state index contributed by atoms with van der Waals surface area (Å²) in [5, 5.41) is 4.29. The number of hydrogen-bond donors (Lipinski definition) is 2. The molecule has 0 amide bonds. The Labute approximate surface area is 123 Å². The summed E-state index contributed by atoms with van der Waals surface area (Å²) < 4.78 is 0. The van der Waals surface area contributed by atoms with E-state index in [1.165, 1.54) is 0 Å². The highest BCUT2D eigenvalue weighted by Gasteiger charge is 2.05. The lowest BCUT2D eigenvalue weighted by atomic mass is 10.2. The average molecular weight is 279 g/mol. The van der Waals surface area contributed by atoms with Crippen molar-refractivity contribution in [3.63, 3.8) is 0 Å². The molecule has 0 aliphatic rings. The highest BCUT2D eigenvalue weighted by molar-refractivity contribution is 5.92. The summed E-state index contributed by atoms with van der Waals surface area (Å²) in [6.07, 6.45) is 1.54. The Morgan fingerprint density at radius 1 is 1.05 bits per heavy atom. The summed E-state index contributed by atoms with van der Waals surface area (Å²) >= 11 is 0. The smallest absolute Gasteiger partial charge is 0.141 e. The number of hydrogen-bond acceptors (Lipinski definition) is 5. The Hall–Kier alpha value is -2.82. The normalized spacial score (nSPS) is 10.6. The molecule has 21 heavy (non-hydrogen) atoms. The van der Waals surface area contributed by atoms with Gasteiger partial charge in [-0.3, -0.25) is 0 Å². The summed E-state index contributed by atoms with van der Waals surface area (Å²) in [6, 6.07) is 13.8. The Balaban J connectivity index is 2.00. The third-order valence-electron chi connectivity index (χ3n) is 3.29. The highest BCUT2D eigenvalue weighted by atomic mass is 15.1. The zero-order valence-electron chi connectivity index (χ0n) is 12.0. The van der Waals surface area contributed by atoms with Gasteiger partial charge in [-0.05, 0) is 36.4 Å². The highest BCUT2D eigenvalue weighted by Crippen LogP contribution is 2.26. The van der Waals surface area contributed by atoms with Crippen LogP contribution in [-0.4, -0.2) is 24.1 Å². The molecule has 5 nitrogen and oxygen atoms in total. The maximum atomic E-state index is 5.79. The second-order valence-electron chi connectivity index (χ2n) is 5.07. The first-order valence-electron chi connectivity index (χ1n) is 6.68. The molecule has 0 saturated carbocycles. The maximum absolute atomic E-state index is 5.79. The summed E-state index contributed by atoms with van der Waals surface area (Å²) in [5.41, 5.74) is 9.43. The van der Waals surface area contributed by atoms with Gasteiger partial charge in [-0.25, -0.2) is 9.97 Å². The van der Waals surface area contributed by atoms with Crippen LogP contribution in [0, 0.1) is 0 Å². The number of fused-ring (bicyclic) bond motifs is 1. The van der Waals surface area contributed by atoms with E-state index in [1.807, 2.05) is 44.4 Å². The van der Waals surface area contributed by atoms with Crippen LogP contribution in [-0.2, 0) is 0 Å². The van der Waals surface area contributed by atoms with Crippen molar-refractivity contribution < 1.29 is 0 Å². The molecule has 0 radical (unpaired) electrons. The van der Waals surface area contributed by atoms with Gasteiger partial charge >= 0.3 is 0 Å². The van der Waals surface area contributed by atoms with E-state index < -0.39 is 0 Å². The monoisotopic (exact) mass is 279 g/mol. The van der Waals surface area contributed by atoms with Crippen molar-refractivity contribution in [1.82, 2.24) is 9.97 Å². The van der Waals surface area contributed by atoms with Crippen LogP contribution in [0.2, 0.25) is 0 Å². The Bertz CT molecular complexity index is 782. The lowest BCUT2D eigenvalue weighted by Crippen LogP contribution is -2.08. The second-order valence-corrected chi connectivity index (χ2v) is 5.07. The van der Waals surface area contributed by atoms with E-state index in [4.69, 9.17) is 5.73 Å². The van der Waals surface area contributed by atoms with Crippen LogP contribution in [0.5, 0.6) is 0 Å². The van der Waals surface area contributed by atoms with Gasteiger partial charge in [-0.1, -0.05) is 6.07 Å². The molecule has 3 rings (SSSR count). The second kappa shape index (κ2) is 5.28. The van der Waals surface area contributed by atoms with E-state index in [2.05, 4.69) is 32.3 Å². The molecule has 0 fully saturated rings. The molecule has 106 valence electrons. The molecule has 0 atom stereocenters. The molecule has 3 N–H and O–H groups in total. The van der Waals surface area contributed by atoms with E-state index in [-0.39, 0.29) is 0 Å². The summed E-state index contributed by atoms with van der Waals surface area (Å²) in [4.78, 5) is 10.6. The van der Waals surface area contributed by atoms with Gasteiger partial charge in [0.2, 0.25) is 0 Å². The molecule has 5 heteroatoms. The standard InChI is InChI=1S/C16H17N5/c1-21(2)13-5-3-4-12(9-13)20-16-14-7-6-11(17)8-15(14)18-10-19-16/h3-10H,17H2,1-2H3,(H,18,19,20). The Morgan fingerprint density at radius 3 is 2.71 bits per heavy atom. The Morgan fingerprint density at radius 2 is 1.90 bits per heavy atom. The van der Waals surface area contributed by atoms with Gasteiger partial charge in [0.05, 0.1) is 5.52 Å². The first-order chi connectivity index (χ1) is 10.1. The number of anilines is 4. The van der Waals surface area contributed by atoms with Crippen LogP contribution >= 0.6 is 0 Å². The number of nitrogens with zero attached hydrogens (tertiary/aromatic N) is 3. The molecule has 0 spiro atoms. The van der Waals surface area contributed by atoms with Crippen molar-refractivity contribution >= 4 is 33.8 Å². The number of aromatic nitrogens is 2.